The molecule has 114 valence electrons. The molecule has 2 N–H and O–H groups in total. The van der Waals surface area contributed by atoms with Crippen molar-refractivity contribution in [2.45, 2.75) is 33.1 Å². The number of nitrogens with zero attached hydrogens (tertiary/aromatic N) is 1. The van der Waals surface area contributed by atoms with Crippen molar-refractivity contribution < 1.29 is 19.6 Å². The van der Waals surface area contributed by atoms with E-state index in [0.717, 1.165) is 0 Å². The molecule has 0 heterocycles. The maximum absolute atomic E-state index is 12.0. The minimum absolute atomic E-state index is 0.136. The molecule has 0 aliphatic heterocycles. The van der Waals surface area contributed by atoms with Crippen LogP contribution in [0.2, 0.25) is 0 Å². The SMILES string of the molecule is CCC(CC)(CC(=O)Nc1cccc([N+](=O)[O-])c1)C(=O)O. The van der Waals surface area contributed by atoms with E-state index in [4.69, 9.17) is 0 Å². The number of hydrogen-bond acceptors (Lipinski definition) is 4. The highest BCUT2D eigenvalue weighted by atomic mass is 16.6. The number of carbonyl (C=O) groups is 2. The third-order valence-corrected chi connectivity index (χ3v) is 3.65. The van der Waals surface area contributed by atoms with Crippen LogP contribution < -0.4 is 5.32 Å². The molecule has 0 unspecified atom stereocenters. The summed E-state index contributed by atoms with van der Waals surface area (Å²) in [5.74, 6) is -1.48. The molecule has 1 aromatic carbocycles. The molecule has 0 aliphatic carbocycles. The van der Waals surface area contributed by atoms with Crippen LogP contribution >= 0.6 is 0 Å². The van der Waals surface area contributed by atoms with Gasteiger partial charge in [0.1, 0.15) is 0 Å². The van der Waals surface area contributed by atoms with E-state index in [1.807, 2.05) is 0 Å². The summed E-state index contributed by atoms with van der Waals surface area (Å²) in [7, 11) is 0. The van der Waals surface area contributed by atoms with E-state index in [1.165, 1.54) is 24.3 Å². The molecular formula is C14H18N2O5. The Labute approximate surface area is 122 Å². The van der Waals surface area contributed by atoms with Gasteiger partial charge in [0.25, 0.3) is 5.69 Å². The molecule has 0 fully saturated rings. The van der Waals surface area contributed by atoms with Gasteiger partial charge in [0.05, 0.1) is 10.3 Å². The standard InChI is InChI=1S/C14H18N2O5/c1-3-14(4-2,13(18)19)9-12(17)15-10-6-5-7-11(8-10)16(20)21/h5-8H,3-4,9H2,1-2H3,(H,15,17)(H,18,19). The number of carbonyl (C=O) groups excluding carboxylic acids is 1. The number of hydrogen-bond donors (Lipinski definition) is 2. The Morgan fingerprint density at radius 2 is 1.95 bits per heavy atom. The number of benzene rings is 1. The van der Waals surface area contributed by atoms with Gasteiger partial charge in [-0.25, -0.2) is 0 Å². The number of amides is 1. The zero-order valence-electron chi connectivity index (χ0n) is 12.0. The Kier molecular flexibility index (Phi) is 5.40. The fourth-order valence-electron chi connectivity index (χ4n) is 2.09. The van der Waals surface area contributed by atoms with Crippen LogP contribution in [-0.4, -0.2) is 21.9 Å². The first-order valence-corrected chi connectivity index (χ1v) is 6.62. The minimum Gasteiger partial charge on any atom is -0.481 e. The number of nitro benzene ring substituents is 1. The van der Waals surface area contributed by atoms with Gasteiger partial charge in [-0.3, -0.25) is 19.7 Å². The third-order valence-electron chi connectivity index (χ3n) is 3.65. The number of rotatable bonds is 7. The van der Waals surface area contributed by atoms with Crippen molar-refractivity contribution >= 4 is 23.3 Å². The number of aliphatic carboxylic acids is 1. The van der Waals surface area contributed by atoms with Crippen molar-refractivity contribution in [2.24, 2.45) is 5.41 Å². The van der Waals surface area contributed by atoms with Gasteiger partial charge in [0.2, 0.25) is 5.91 Å². The fourth-order valence-corrected chi connectivity index (χ4v) is 2.09. The van der Waals surface area contributed by atoms with E-state index >= 15 is 0 Å². The maximum Gasteiger partial charge on any atom is 0.310 e. The molecule has 21 heavy (non-hydrogen) atoms. The lowest BCUT2D eigenvalue weighted by Gasteiger charge is -2.25. The van der Waals surface area contributed by atoms with Gasteiger partial charge >= 0.3 is 5.97 Å². The number of non-ortho nitro benzene ring substituents is 1. The Hall–Kier alpha value is -2.44. The summed E-state index contributed by atoms with van der Waals surface area (Å²) < 4.78 is 0. The van der Waals surface area contributed by atoms with E-state index < -0.39 is 22.2 Å². The number of nitrogens with one attached hydrogen (secondary N) is 1. The maximum atomic E-state index is 12.0. The van der Waals surface area contributed by atoms with Crippen LogP contribution in [0.1, 0.15) is 33.1 Å². The molecule has 0 saturated carbocycles. The number of carboxylic acids is 1. The van der Waals surface area contributed by atoms with E-state index in [0.29, 0.717) is 12.8 Å². The number of carboxylic acid groups (broad SMARTS) is 1. The van der Waals surface area contributed by atoms with E-state index in [-0.39, 0.29) is 17.8 Å². The second kappa shape index (κ2) is 6.83. The molecule has 7 nitrogen and oxygen atoms in total. The number of nitro groups is 1. The minimum atomic E-state index is -1.11. The van der Waals surface area contributed by atoms with Crippen molar-refractivity contribution in [3.63, 3.8) is 0 Å². The normalized spacial score (nSPS) is 11.0. The summed E-state index contributed by atoms with van der Waals surface area (Å²) in [4.78, 5) is 33.4. The second-order valence-corrected chi connectivity index (χ2v) is 4.82. The van der Waals surface area contributed by atoms with Gasteiger partial charge in [-0.15, -0.1) is 0 Å². The van der Waals surface area contributed by atoms with Gasteiger partial charge in [-0.05, 0) is 18.9 Å². The van der Waals surface area contributed by atoms with Gasteiger partial charge in [-0.2, -0.15) is 0 Å². The van der Waals surface area contributed by atoms with Gasteiger partial charge in [0.15, 0.2) is 0 Å². The molecule has 1 amide bonds. The summed E-state index contributed by atoms with van der Waals surface area (Å²) >= 11 is 0. The van der Waals surface area contributed by atoms with Gasteiger partial charge in [-0.1, -0.05) is 19.9 Å². The molecule has 0 atom stereocenters. The average molecular weight is 294 g/mol. The summed E-state index contributed by atoms with van der Waals surface area (Å²) in [6.07, 6.45) is 0.500. The first-order valence-electron chi connectivity index (χ1n) is 6.62. The van der Waals surface area contributed by atoms with Crippen LogP contribution in [0.3, 0.4) is 0 Å². The topological polar surface area (TPSA) is 110 Å². The highest BCUT2D eigenvalue weighted by Gasteiger charge is 2.37. The molecule has 0 saturated heterocycles. The summed E-state index contributed by atoms with van der Waals surface area (Å²) in [5, 5.41) is 22.5. The second-order valence-electron chi connectivity index (χ2n) is 4.82. The average Bonchev–Trinajstić information content (AvgIpc) is 2.44. The molecule has 7 heteroatoms. The molecule has 0 bridgehead atoms. The lowest BCUT2D eigenvalue weighted by atomic mass is 9.79. The Morgan fingerprint density at radius 1 is 1.33 bits per heavy atom. The van der Waals surface area contributed by atoms with Crippen LogP contribution in [0.15, 0.2) is 24.3 Å². The predicted octanol–water partition coefficient (Wildman–Crippen LogP) is 2.81. The first-order chi connectivity index (χ1) is 9.84. The Balaban J connectivity index is 2.84. The zero-order valence-corrected chi connectivity index (χ0v) is 12.0. The monoisotopic (exact) mass is 294 g/mol. The molecule has 0 spiro atoms. The third kappa shape index (κ3) is 4.01. The molecule has 1 rings (SSSR count). The zero-order chi connectivity index (χ0) is 16.0. The van der Waals surface area contributed by atoms with Crippen LogP contribution in [-0.2, 0) is 9.59 Å². The number of anilines is 1. The summed E-state index contributed by atoms with van der Waals surface area (Å²) in [5.41, 5.74) is -0.964. The highest BCUT2D eigenvalue weighted by molar-refractivity contribution is 5.94. The molecule has 0 aromatic heterocycles. The van der Waals surface area contributed by atoms with Crippen LogP contribution in [0.4, 0.5) is 11.4 Å². The van der Waals surface area contributed by atoms with Gasteiger partial charge in [0, 0.05) is 24.2 Å². The Bertz CT molecular complexity index is 552. The predicted molar refractivity (Wildman–Crippen MR) is 77.0 cm³/mol. The van der Waals surface area contributed by atoms with E-state index in [9.17, 15) is 24.8 Å². The van der Waals surface area contributed by atoms with Crippen LogP contribution in [0.5, 0.6) is 0 Å². The lowest BCUT2D eigenvalue weighted by molar-refractivity contribution is -0.384. The summed E-state index contributed by atoms with van der Waals surface area (Å²) in [6.45, 7) is 3.44. The van der Waals surface area contributed by atoms with Gasteiger partial charge < -0.3 is 10.4 Å². The molecule has 1 aromatic rings. The fraction of sp³-hybridized carbons (Fsp3) is 0.429. The van der Waals surface area contributed by atoms with Crippen molar-refractivity contribution in [2.75, 3.05) is 5.32 Å². The van der Waals surface area contributed by atoms with Crippen molar-refractivity contribution in [1.82, 2.24) is 0 Å². The van der Waals surface area contributed by atoms with Crippen LogP contribution in [0, 0.1) is 15.5 Å². The Morgan fingerprint density at radius 3 is 2.43 bits per heavy atom. The van der Waals surface area contributed by atoms with Crippen molar-refractivity contribution in [3.8, 4) is 0 Å². The van der Waals surface area contributed by atoms with Crippen molar-refractivity contribution in [1.29, 1.82) is 0 Å². The van der Waals surface area contributed by atoms with E-state index in [1.54, 1.807) is 13.8 Å². The highest BCUT2D eigenvalue weighted by Crippen LogP contribution is 2.31. The molecular weight excluding hydrogens is 276 g/mol. The lowest BCUT2D eigenvalue weighted by Crippen LogP contribution is -2.34. The summed E-state index contributed by atoms with van der Waals surface area (Å²) in [6, 6.07) is 5.52. The van der Waals surface area contributed by atoms with Crippen LogP contribution in [0.25, 0.3) is 0 Å². The first kappa shape index (κ1) is 16.6. The largest absolute Gasteiger partial charge is 0.481 e. The molecule has 0 aliphatic rings. The van der Waals surface area contributed by atoms with E-state index in [2.05, 4.69) is 5.32 Å². The molecule has 0 radical (unpaired) electrons. The smallest absolute Gasteiger partial charge is 0.310 e. The van der Waals surface area contributed by atoms with Crippen molar-refractivity contribution in [3.05, 3.63) is 34.4 Å². The quantitative estimate of drug-likeness (QED) is 0.593.